The fraction of sp³-hybridized carbons (Fsp3) is 0.933. The molecule has 0 bridgehead atoms. The molecule has 1 heterocycles. The Hall–Kier alpha value is -0.610. The molecule has 4 heteroatoms. The Morgan fingerprint density at radius 2 is 2.11 bits per heavy atom. The second kappa shape index (κ2) is 7.25. The molecule has 0 saturated carbocycles. The fourth-order valence-corrected chi connectivity index (χ4v) is 2.88. The van der Waals surface area contributed by atoms with Crippen molar-refractivity contribution in [3.05, 3.63) is 0 Å². The van der Waals surface area contributed by atoms with Crippen molar-refractivity contribution in [2.24, 2.45) is 5.92 Å². The van der Waals surface area contributed by atoms with Crippen LogP contribution in [0.1, 0.15) is 47.0 Å². The summed E-state index contributed by atoms with van der Waals surface area (Å²) in [6.07, 6.45) is 2.87. The van der Waals surface area contributed by atoms with E-state index in [1.165, 1.54) is 0 Å². The smallest absolute Gasteiger partial charge is 0.254 e. The molecule has 1 aliphatic rings. The zero-order valence-corrected chi connectivity index (χ0v) is 13.2. The molecule has 1 N–H and O–H groups in total. The quantitative estimate of drug-likeness (QED) is 0.803. The highest BCUT2D eigenvalue weighted by Crippen LogP contribution is 2.25. The number of carbonyl (C=O) groups is 1. The lowest BCUT2D eigenvalue weighted by molar-refractivity contribution is -0.155. The molecule has 1 rings (SSSR count). The first-order valence-corrected chi connectivity index (χ1v) is 7.60. The van der Waals surface area contributed by atoms with Crippen LogP contribution in [0.2, 0.25) is 0 Å². The molecule has 19 heavy (non-hydrogen) atoms. The van der Waals surface area contributed by atoms with Crippen molar-refractivity contribution in [2.45, 2.75) is 58.6 Å². The Bertz CT molecular complexity index is 290. The Balaban J connectivity index is 2.70. The largest absolute Gasteiger partial charge is 0.369 e. The number of ether oxygens (including phenoxy) is 1. The highest BCUT2D eigenvalue weighted by atomic mass is 16.5. The number of hydrogen-bond donors (Lipinski definition) is 1. The Labute approximate surface area is 117 Å². The number of nitrogens with one attached hydrogen (secondary N) is 1. The van der Waals surface area contributed by atoms with Crippen molar-refractivity contribution >= 4 is 5.91 Å². The van der Waals surface area contributed by atoms with Crippen LogP contribution in [-0.2, 0) is 9.53 Å². The van der Waals surface area contributed by atoms with Crippen LogP contribution in [0, 0.1) is 5.92 Å². The molecule has 0 aliphatic carbocycles. The van der Waals surface area contributed by atoms with Crippen molar-refractivity contribution in [3.8, 4) is 0 Å². The van der Waals surface area contributed by atoms with Crippen LogP contribution in [0.3, 0.4) is 0 Å². The number of carbonyl (C=O) groups excluding carboxylic acids is 1. The van der Waals surface area contributed by atoms with E-state index in [-0.39, 0.29) is 5.91 Å². The maximum absolute atomic E-state index is 12.6. The van der Waals surface area contributed by atoms with Gasteiger partial charge in [0.2, 0.25) is 0 Å². The lowest BCUT2D eigenvalue weighted by atomic mass is 9.88. The highest BCUT2D eigenvalue weighted by Gasteiger charge is 2.38. The van der Waals surface area contributed by atoms with Crippen molar-refractivity contribution < 1.29 is 9.53 Å². The van der Waals surface area contributed by atoms with E-state index in [9.17, 15) is 4.79 Å². The van der Waals surface area contributed by atoms with Gasteiger partial charge in [0.1, 0.15) is 5.60 Å². The van der Waals surface area contributed by atoms with Crippen LogP contribution < -0.4 is 5.32 Å². The second-order valence-corrected chi connectivity index (χ2v) is 5.66. The molecule has 3 atom stereocenters. The van der Waals surface area contributed by atoms with Gasteiger partial charge in [-0.05, 0) is 32.2 Å². The summed E-state index contributed by atoms with van der Waals surface area (Å²) in [6, 6.07) is 0.550. The molecule has 1 amide bonds. The minimum absolute atomic E-state index is 0.144. The van der Waals surface area contributed by atoms with Gasteiger partial charge in [-0.2, -0.15) is 0 Å². The molecule has 1 saturated heterocycles. The summed E-state index contributed by atoms with van der Waals surface area (Å²) in [5.74, 6) is 0.696. The SMILES string of the molecule is CCNC1CCN(C(=O)C(C)(CC)OC)CC1CC. The van der Waals surface area contributed by atoms with Gasteiger partial charge in [0.15, 0.2) is 0 Å². The van der Waals surface area contributed by atoms with Gasteiger partial charge in [0, 0.05) is 26.2 Å². The van der Waals surface area contributed by atoms with Gasteiger partial charge in [-0.1, -0.05) is 27.2 Å². The van der Waals surface area contributed by atoms with Gasteiger partial charge in [0.25, 0.3) is 5.91 Å². The molecule has 0 spiro atoms. The first-order valence-electron chi connectivity index (χ1n) is 7.60. The van der Waals surface area contributed by atoms with Crippen LogP contribution in [-0.4, -0.2) is 49.2 Å². The van der Waals surface area contributed by atoms with Gasteiger partial charge in [-0.3, -0.25) is 4.79 Å². The minimum Gasteiger partial charge on any atom is -0.369 e. The molecule has 4 nitrogen and oxygen atoms in total. The summed E-state index contributed by atoms with van der Waals surface area (Å²) >= 11 is 0. The molecule has 1 fully saturated rings. The lowest BCUT2D eigenvalue weighted by Crippen LogP contribution is -2.56. The van der Waals surface area contributed by atoms with Crippen LogP contribution in [0.25, 0.3) is 0 Å². The summed E-state index contributed by atoms with van der Waals surface area (Å²) in [4.78, 5) is 14.6. The Morgan fingerprint density at radius 3 is 2.58 bits per heavy atom. The van der Waals surface area contributed by atoms with Gasteiger partial charge >= 0.3 is 0 Å². The van der Waals surface area contributed by atoms with Gasteiger partial charge in [0.05, 0.1) is 0 Å². The topological polar surface area (TPSA) is 41.6 Å². The molecule has 112 valence electrons. The van der Waals surface area contributed by atoms with E-state index in [0.29, 0.717) is 18.4 Å². The normalized spacial score (nSPS) is 27.1. The van der Waals surface area contributed by atoms with Crippen LogP contribution in [0.4, 0.5) is 0 Å². The lowest BCUT2D eigenvalue weighted by Gasteiger charge is -2.41. The molecular formula is C15H30N2O2. The Kier molecular flexibility index (Phi) is 6.27. The van der Waals surface area contributed by atoms with Crippen LogP contribution >= 0.6 is 0 Å². The number of amides is 1. The minimum atomic E-state index is -0.663. The average molecular weight is 270 g/mol. The molecule has 0 aromatic rings. The Morgan fingerprint density at radius 1 is 1.42 bits per heavy atom. The highest BCUT2D eigenvalue weighted by molar-refractivity contribution is 5.85. The molecule has 0 radical (unpaired) electrons. The summed E-state index contributed by atoms with van der Waals surface area (Å²) in [5.41, 5.74) is -0.663. The third-order valence-corrected chi connectivity index (χ3v) is 4.59. The van der Waals surface area contributed by atoms with Gasteiger partial charge in [-0.25, -0.2) is 0 Å². The standard InChI is InChI=1S/C15H30N2O2/c1-6-12-11-17(10-9-13(12)16-8-3)14(18)15(4,7-2)19-5/h12-13,16H,6-11H2,1-5H3. The third kappa shape index (κ3) is 3.69. The molecular weight excluding hydrogens is 240 g/mol. The summed E-state index contributed by atoms with van der Waals surface area (Å²) in [7, 11) is 1.63. The first kappa shape index (κ1) is 16.4. The van der Waals surface area contributed by atoms with E-state index in [1.54, 1.807) is 7.11 Å². The monoisotopic (exact) mass is 270 g/mol. The van der Waals surface area contributed by atoms with Gasteiger partial charge in [-0.15, -0.1) is 0 Å². The van der Waals surface area contributed by atoms with Crippen LogP contribution in [0.5, 0.6) is 0 Å². The van der Waals surface area contributed by atoms with Crippen LogP contribution in [0.15, 0.2) is 0 Å². The van der Waals surface area contributed by atoms with E-state index in [2.05, 4.69) is 19.2 Å². The first-order chi connectivity index (χ1) is 9.02. The van der Waals surface area contributed by atoms with Crippen molar-refractivity contribution in [1.29, 1.82) is 0 Å². The van der Waals surface area contributed by atoms with E-state index in [4.69, 9.17) is 4.74 Å². The number of methoxy groups -OCH3 is 1. The van der Waals surface area contributed by atoms with Crippen molar-refractivity contribution in [3.63, 3.8) is 0 Å². The van der Waals surface area contributed by atoms with E-state index >= 15 is 0 Å². The van der Waals surface area contributed by atoms with E-state index in [1.807, 2.05) is 18.7 Å². The zero-order chi connectivity index (χ0) is 14.5. The summed E-state index contributed by atoms with van der Waals surface area (Å²) in [5, 5.41) is 3.54. The molecule has 0 aromatic heterocycles. The van der Waals surface area contributed by atoms with E-state index < -0.39 is 5.60 Å². The average Bonchev–Trinajstić information content (AvgIpc) is 2.46. The maximum Gasteiger partial charge on any atom is 0.254 e. The summed E-state index contributed by atoms with van der Waals surface area (Å²) < 4.78 is 5.44. The van der Waals surface area contributed by atoms with E-state index in [0.717, 1.165) is 32.5 Å². The number of likely N-dealkylation sites (tertiary alicyclic amines) is 1. The number of rotatable bonds is 6. The molecule has 0 aromatic carbocycles. The zero-order valence-electron chi connectivity index (χ0n) is 13.2. The van der Waals surface area contributed by atoms with Crippen molar-refractivity contribution in [2.75, 3.05) is 26.7 Å². The number of piperidine rings is 1. The second-order valence-electron chi connectivity index (χ2n) is 5.66. The molecule has 3 unspecified atom stereocenters. The fourth-order valence-electron chi connectivity index (χ4n) is 2.88. The predicted octanol–water partition coefficient (Wildman–Crippen LogP) is 2.04. The maximum atomic E-state index is 12.6. The molecule has 1 aliphatic heterocycles. The van der Waals surface area contributed by atoms with Crippen molar-refractivity contribution in [1.82, 2.24) is 10.2 Å². The predicted molar refractivity (Wildman–Crippen MR) is 78.1 cm³/mol. The number of hydrogen-bond acceptors (Lipinski definition) is 3. The summed E-state index contributed by atoms with van der Waals surface area (Å²) in [6.45, 7) is 10.9. The number of nitrogens with zero attached hydrogens (tertiary/aromatic N) is 1. The van der Waals surface area contributed by atoms with Gasteiger partial charge < -0.3 is 15.0 Å². The third-order valence-electron chi connectivity index (χ3n) is 4.59.